The summed E-state index contributed by atoms with van der Waals surface area (Å²) in [6.45, 7) is 7.02. The van der Waals surface area contributed by atoms with Gasteiger partial charge in [-0.3, -0.25) is 4.79 Å². The van der Waals surface area contributed by atoms with E-state index in [1.54, 1.807) is 0 Å². The third-order valence-corrected chi connectivity index (χ3v) is 5.81. The van der Waals surface area contributed by atoms with E-state index in [0.717, 1.165) is 31.6 Å². The lowest BCUT2D eigenvalue weighted by atomic mass is 9.68. The van der Waals surface area contributed by atoms with Crippen molar-refractivity contribution in [2.45, 2.75) is 59.3 Å². The summed E-state index contributed by atoms with van der Waals surface area (Å²) in [5, 5.41) is 0. The van der Waals surface area contributed by atoms with E-state index < -0.39 is 0 Å². The smallest absolute Gasteiger partial charge is 0.139 e. The van der Waals surface area contributed by atoms with Gasteiger partial charge in [0, 0.05) is 11.8 Å². The minimum Gasteiger partial charge on any atom is -0.299 e. The minimum atomic E-state index is 0.263. The van der Waals surface area contributed by atoms with E-state index in [2.05, 4.69) is 45.0 Å². The van der Waals surface area contributed by atoms with Crippen LogP contribution in [-0.4, -0.2) is 5.78 Å². The Morgan fingerprint density at radius 3 is 1.90 bits per heavy atom. The molecule has 1 fully saturated rings. The summed E-state index contributed by atoms with van der Waals surface area (Å²) >= 11 is 0. The molecule has 0 bridgehead atoms. The number of hydrogen-bond donors (Lipinski definition) is 0. The molecule has 2 aliphatic carbocycles. The van der Waals surface area contributed by atoms with Crippen molar-refractivity contribution in [2.75, 3.05) is 0 Å². The second-order valence-electron chi connectivity index (χ2n) is 8.19. The largest absolute Gasteiger partial charge is 0.299 e. The highest BCUT2D eigenvalue weighted by Crippen LogP contribution is 2.41. The van der Waals surface area contributed by atoms with Gasteiger partial charge in [0.05, 0.1) is 0 Å². The van der Waals surface area contributed by atoms with E-state index in [9.17, 15) is 4.79 Å². The molecular weight excluding hydrogens is 256 g/mol. The lowest BCUT2D eigenvalue weighted by Crippen LogP contribution is -2.31. The van der Waals surface area contributed by atoms with Gasteiger partial charge in [-0.15, -0.1) is 0 Å². The summed E-state index contributed by atoms with van der Waals surface area (Å²) in [6.07, 6.45) is 6.67. The molecule has 1 aromatic carbocycles. The van der Waals surface area contributed by atoms with Gasteiger partial charge in [-0.05, 0) is 61.0 Å². The van der Waals surface area contributed by atoms with E-state index in [-0.39, 0.29) is 5.92 Å². The van der Waals surface area contributed by atoms with Crippen molar-refractivity contribution in [3.05, 3.63) is 35.4 Å². The maximum absolute atomic E-state index is 12.8. The average molecular weight is 284 g/mol. The van der Waals surface area contributed by atoms with Gasteiger partial charge in [-0.25, -0.2) is 0 Å². The normalized spacial score (nSPS) is 26.6. The summed E-state index contributed by atoms with van der Waals surface area (Å²) in [5.41, 5.74) is 3.20. The molecule has 114 valence electrons. The second kappa shape index (κ2) is 5.59. The molecule has 1 aromatic rings. The zero-order chi connectivity index (χ0) is 15.0. The SMILES string of the molecule is CC(C)(C)C1CCC(C(=O)C2Cc3ccccc3C2)CC1. The Balaban J connectivity index is 1.59. The molecular formula is C20H28O. The second-order valence-corrected chi connectivity index (χ2v) is 8.19. The van der Waals surface area contributed by atoms with Gasteiger partial charge >= 0.3 is 0 Å². The van der Waals surface area contributed by atoms with Crippen LogP contribution >= 0.6 is 0 Å². The van der Waals surface area contributed by atoms with Gasteiger partial charge in [0.15, 0.2) is 0 Å². The predicted molar refractivity (Wildman–Crippen MR) is 87.3 cm³/mol. The molecule has 0 aliphatic heterocycles. The van der Waals surface area contributed by atoms with Gasteiger partial charge in [0.25, 0.3) is 0 Å². The first-order chi connectivity index (χ1) is 9.95. The van der Waals surface area contributed by atoms with Crippen LogP contribution in [0.1, 0.15) is 57.6 Å². The van der Waals surface area contributed by atoms with Gasteiger partial charge < -0.3 is 0 Å². The average Bonchev–Trinajstić information content (AvgIpc) is 2.89. The number of carbonyl (C=O) groups is 1. The van der Waals surface area contributed by atoms with Crippen LogP contribution in [0.3, 0.4) is 0 Å². The third kappa shape index (κ3) is 3.07. The van der Waals surface area contributed by atoms with E-state index >= 15 is 0 Å². The van der Waals surface area contributed by atoms with Crippen LogP contribution in [0.2, 0.25) is 0 Å². The van der Waals surface area contributed by atoms with Crippen LogP contribution in [0.25, 0.3) is 0 Å². The van der Waals surface area contributed by atoms with E-state index in [0.29, 0.717) is 17.1 Å². The van der Waals surface area contributed by atoms with Crippen molar-refractivity contribution in [2.24, 2.45) is 23.2 Å². The molecule has 21 heavy (non-hydrogen) atoms. The van der Waals surface area contributed by atoms with Gasteiger partial charge in [0.2, 0.25) is 0 Å². The lowest BCUT2D eigenvalue weighted by molar-refractivity contribution is -0.128. The molecule has 0 radical (unpaired) electrons. The molecule has 1 nitrogen and oxygen atoms in total. The third-order valence-electron chi connectivity index (χ3n) is 5.81. The van der Waals surface area contributed by atoms with E-state index in [1.165, 1.54) is 24.0 Å². The molecule has 0 atom stereocenters. The molecule has 0 heterocycles. The van der Waals surface area contributed by atoms with Crippen LogP contribution in [-0.2, 0) is 17.6 Å². The monoisotopic (exact) mass is 284 g/mol. The van der Waals surface area contributed by atoms with Crippen LogP contribution in [0.15, 0.2) is 24.3 Å². The molecule has 0 unspecified atom stereocenters. The fourth-order valence-corrected chi connectivity index (χ4v) is 4.34. The van der Waals surface area contributed by atoms with Crippen molar-refractivity contribution in [1.29, 1.82) is 0 Å². The summed E-state index contributed by atoms with van der Waals surface area (Å²) in [4.78, 5) is 12.8. The number of ketones is 1. The Bertz CT molecular complexity index is 490. The first kappa shape index (κ1) is 14.8. The molecule has 0 spiro atoms. The number of rotatable bonds is 2. The van der Waals surface area contributed by atoms with Crippen molar-refractivity contribution >= 4 is 5.78 Å². The molecule has 0 aromatic heterocycles. The Kier molecular flexibility index (Phi) is 3.94. The fourth-order valence-electron chi connectivity index (χ4n) is 4.34. The van der Waals surface area contributed by atoms with Crippen LogP contribution in [0.4, 0.5) is 0 Å². The highest BCUT2D eigenvalue weighted by molar-refractivity contribution is 5.84. The standard InChI is InChI=1S/C20H28O/c1-20(2,3)18-10-8-14(9-11-18)19(21)17-12-15-6-4-5-7-16(15)13-17/h4-7,14,17-18H,8-13H2,1-3H3. The zero-order valence-electron chi connectivity index (χ0n) is 13.7. The Labute approximate surface area is 129 Å². The Morgan fingerprint density at radius 1 is 0.905 bits per heavy atom. The van der Waals surface area contributed by atoms with Crippen molar-refractivity contribution in [3.63, 3.8) is 0 Å². The first-order valence-corrected chi connectivity index (χ1v) is 8.55. The van der Waals surface area contributed by atoms with E-state index in [4.69, 9.17) is 0 Å². The Hall–Kier alpha value is -1.11. The highest BCUT2D eigenvalue weighted by Gasteiger charge is 2.36. The molecule has 1 heteroatoms. The van der Waals surface area contributed by atoms with Gasteiger partial charge in [-0.2, -0.15) is 0 Å². The molecule has 0 amide bonds. The maximum Gasteiger partial charge on any atom is 0.139 e. The van der Waals surface area contributed by atoms with Crippen LogP contribution in [0.5, 0.6) is 0 Å². The molecule has 1 saturated carbocycles. The quantitative estimate of drug-likeness (QED) is 0.760. The highest BCUT2D eigenvalue weighted by atomic mass is 16.1. The number of Topliss-reactive ketones (excluding diaryl/α,β-unsaturated/α-hetero) is 1. The number of carbonyl (C=O) groups excluding carboxylic acids is 1. The summed E-state index contributed by atoms with van der Waals surface area (Å²) < 4.78 is 0. The lowest BCUT2D eigenvalue weighted by Gasteiger charge is -2.37. The minimum absolute atomic E-state index is 0.263. The van der Waals surface area contributed by atoms with Crippen LogP contribution in [0, 0.1) is 23.2 Å². The maximum atomic E-state index is 12.8. The van der Waals surface area contributed by atoms with Crippen molar-refractivity contribution in [3.8, 4) is 0 Å². The number of hydrogen-bond acceptors (Lipinski definition) is 1. The van der Waals surface area contributed by atoms with Crippen molar-refractivity contribution < 1.29 is 4.79 Å². The number of fused-ring (bicyclic) bond motifs is 1. The van der Waals surface area contributed by atoms with Crippen LogP contribution < -0.4 is 0 Å². The zero-order valence-corrected chi connectivity index (χ0v) is 13.7. The Morgan fingerprint density at radius 2 is 1.43 bits per heavy atom. The fraction of sp³-hybridized carbons (Fsp3) is 0.650. The summed E-state index contributed by atoms with van der Waals surface area (Å²) in [6, 6.07) is 8.58. The summed E-state index contributed by atoms with van der Waals surface area (Å²) in [5.74, 6) is 1.95. The van der Waals surface area contributed by atoms with E-state index in [1.807, 2.05) is 0 Å². The molecule has 0 N–H and O–H groups in total. The van der Waals surface area contributed by atoms with Gasteiger partial charge in [0.1, 0.15) is 5.78 Å². The number of benzene rings is 1. The first-order valence-electron chi connectivity index (χ1n) is 8.55. The molecule has 0 saturated heterocycles. The van der Waals surface area contributed by atoms with Crippen molar-refractivity contribution in [1.82, 2.24) is 0 Å². The van der Waals surface area contributed by atoms with Gasteiger partial charge in [-0.1, -0.05) is 45.0 Å². The predicted octanol–water partition coefficient (Wildman–Crippen LogP) is 4.82. The molecule has 2 aliphatic rings. The topological polar surface area (TPSA) is 17.1 Å². The molecule has 3 rings (SSSR count). The summed E-state index contributed by atoms with van der Waals surface area (Å²) in [7, 11) is 0.